The van der Waals surface area contributed by atoms with Gasteiger partial charge in [-0.15, -0.1) is 10.2 Å². The summed E-state index contributed by atoms with van der Waals surface area (Å²) in [7, 11) is -1.09. The Morgan fingerprint density at radius 2 is 2.11 bits per heavy atom. The lowest BCUT2D eigenvalue weighted by atomic mass is 10.1. The second kappa shape index (κ2) is 8.32. The largest absolute Gasteiger partial charge is 0.325 e. The van der Waals surface area contributed by atoms with Crippen LogP contribution in [0.4, 0.5) is 5.69 Å². The maximum absolute atomic E-state index is 12.4. The Bertz CT molecular complexity index is 1010. The SMILES string of the molecule is C[C@H](Sc1nnc(C[C@@H]2CCS(=O)(=O)C2)n1C)C(=O)Nc1ccc(C#N)cc1. The summed E-state index contributed by atoms with van der Waals surface area (Å²) in [5, 5.41) is 20.2. The van der Waals surface area contributed by atoms with Gasteiger partial charge in [-0.2, -0.15) is 5.26 Å². The maximum atomic E-state index is 12.4. The number of thioether (sulfide) groups is 1. The minimum Gasteiger partial charge on any atom is -0.325 e. The fourth-order valence-corrected chi connectivity index (χ4v) is 5.70. The molecule has 28 heavy (non-hydrogen) atoms. The summed E-state index contributed by atoms with van der Waals surface area (Å²) >= 11 is 1.29. The molecule has 1 aromatic carbocycles. The lowest BCUT2D eigenvalue weighted by Gasteiger charge is -2.12. The van der Waals surface area contributed by atoms with E-state index in [9.17, 15) is 13.2 Å². The van der Waals surface area contributed by atoms with Crippen molar-refractivity contribution in [3.05, 3.63) is 35.7 Å². The summed E-state index contributed by atoms with van der Waals surface area (Å²) in [6.45, 7) is 1.78. The Morgan fingerprint density at radius 3 is 2.71 bits per heavy atom. The molecule has 2 aromatic rings. The molecular formula is C18H21N5O3S2. The topological polar surface area (TPSA) is 118 Å². The number of carbonyl (C=O) groups excluding carboxylic acids is 1. The molecule has 1 aromatic heterocycles. The van der Waals surface area contributed by atoms with Crippen LogP contribution in [0.1, 0.15) is 24.7 Å². The number of nitrogens with zero attached hydrogens (tertiary/aromatic N) is 4. The number of hydrogen-bond acceptors (Lipinski definition) is 7. The molecule has 1 aliphatic rings. The summed E-state index contributed by atoms with van der Waals surface area (Å²) < 4.78 is 25.1. The second-order valence-corrected chi connectivity index (χ2v) is 10.4. The van der Waals surface area contributed by atoms with Crippen LogP contribution in [0.5, 0.6) is 0 Å². The van der Waals surface area contributed by atoms with E-state index in [1.165, 1.54) is 11.8 Å². The molecule has 0 radical (unpaired) electrons. The molecule has 148 valence electrons. The van der Waals surface area contributed by atoms with Crippen LogP contribution >= 0.6 is 11.8 Å². The quantitative estimate of drug-likeness (QED) is 0.709. The van der Waals surface area contributed by atoms with Gasteiger partial charge in [-0.1, -0.05) is 11.8 Å². The van der Waals surface area contributed by atoms with Crippen molar-refractivity contribution in [1.82, 2.24) is 14.8 Å². The van der Waals surface area contributed by atoms with Gasteiger partial charge in [0, 0.05) is 19.2 Å². The van der Waals surface area contributed by atoms with Crippen LogP contribution in [-0.4, -0.2) is 45.8 Å². The normalized spacial score (nSPS) is 19.1. The molecule has 0 saturated carbocycles. The fraction of sp³-hybridized carbons (Fsp3) is 0.444. The van der Waals surface area contributed by atoms with Crippen molar-refractivity contribution < 1.29 is 13.2 Å². The number of rotatable bonds is 6. The van der Waals surface area contributed by atoms with Gasteiger partial charge in [0.05, 0.1) is 28.4 Å². The number of aromatic nitrogens is 3. The molecule has 0 aliphatic carbocycles. The minimum absolute atomic E-state index is 0.0721. The zero-order valence-electron chi connectivity index (χ0n) is 15.6. The van der Waals surface area contributed by atoms with E-state index < -0.39 is 15.1 Å². The number of sulfone groups is 1. The van der Waals surface area contributed by atoms with E-state index in [0.29, 0.717) is 29.2 Å². The average molecular weight is 420 g/mol. The molecule has 2 atom stereocenters. The number of nitriles is 1. The summed E-state index contributed by atoms with van der Waals surface area (Å²) in [6.07, 6.45) is 1.22. The molecule has 0 unspecified atom stereocenters. The monoisotopic (exact) mass is 419 g/mol. The second-order valence-electron chi connectivity index (χ2n) is 6.87. The molecule has 10 heteroatoms. The van der Waals surface area contributed by atoms with E-state index in [2.05, 4.69) is 15.5 Å². The van der Waals surface area contributed by atoms with Crippen molar-refractivity contribution >= 4 is 33.2 Å². The maximum Gasteiger partial charge on any atom is 0.237 e. The number of nitrogens with one attached hydrogen (secondary N) is 1. The standard InChI is InChI=1S/C18H21N5O3S2/c1-12(17(24)20-15-5-3-13(10-19)4-6-15)27-18-22-21-16(23(18)2)9-14-7-8-28(25,26)11-14/h3-6,12,14H,7-9,11H2,1-2H3,(H,20,24)/t12-,14-/m0/s1. The lowest BCUT2D eigenvalue weighted by Crippen LogP contribution is -2.22. The van der Waals surface area contributed by atoms with Gasteiger partial charge in [0.25, 0.3) is 0 Å². The third-order valence-corrected chi connectivity index (χ3v) is 7.63. The van der Waals surface area contributed by atoms with Crippen LogP contribution in [0.25, 0.3) is 0 Å². The van der Waals surface area contributed by atoms with Gasteiger partial charge < -0.3 is 9.88 Å². The van der Waals surface area contributed by atoms with Crippen LogP contribution in [0.2, 0.25) is 0 Å². The van der Waals surface area contributed by atoms with Crippen molar-refractivity contribution in [2.24, 2.45) is 13.0 Å². The van der Waals surface area contributed by atoms with E-state index in [1.807, 2.05) is 17.7 Å². The molecule has 1 fully saturated rings. The smallest absolute Gasteiger partial charge is 0.237 e. The van der Waals surface area contributed by atoms with Crippen molar-refractivity contribution in [2.45, 2.75) is 30.2 Å². The Kier molecular flexibility index (Phi) is 6.05. The number of anilines is 1. The van der Waals surface area contributed by atoms with Crippen LogP contribution in [0, 0.1) is 17.2 Å². The zero-order valence-corrected chi connectivity index (χ0v) is 17.3. The minimum atomic E-state index is -2.92. The number of carbonyl (C=O) groups is 1. The van der Waals surface area contributed by atoms with E-state index in [4.69, 9.17) is 5.26 Å². The predicted octanol–water partition coefficient (Wildman–Crippen LogP) is 1.78. The molecule has 3 rings (SSSR count). The first-order valence-electron chi connectivity index (χ1n) is 8.84. The molecule has 1 aliphatic heterocycles. The van der Waals surface area contributed by atoms with Crippen molar-refractivity contribution in [1.29, 1.82) is 5.26 Å². The fourth-order valence-electron chi connectivity index (χ4n) is 3.00. The zero-order chi connectivity index (χ0) is 20.3. The summed E-state index contributed by atoms with van der Waals surface area (Å²) in [6, 6.07) is 8.69. The molecule has 1 saturated heterocycles. The van der Waals surface area contributed by atoms with Crippen LogP contribution < -0.4 is 5.32 Å². The Morgan fingerprint density at radius 1 is 1.39 bits per heavy atom. The average Bonchev–Trinajstić information content (AvgIpc) is 3.18. The molecule has 0 bridgehead atoms. The molecule has 2 heterocycles. The Hall–Kier alpha value is -2.38. The van der Waals surface area contributed by atoms with E-state index in [1.54, 1.807) is 31.2 Å². The van der Waals surface area contributed by atoms with Gasteiger partial charge in [-0.05, 0) is 43.5 Å². The van der Waals surface area contributed by atoms with Gasteiger partial charge >= 0.3 is 0 Å². The van der Waals surface area contributed by atoms with E-state index in [-0.39, 0.29) is 23.3 Å². The summed E-state index contributed by atoms with van der Waals surface area (Å²) in [4.78, 5) is 12.4. The third kappa shape index (κ3) is 4.91. The number of amides is 1. The van der Waals surface area contributed by atoms with E-state index >= 15 is 0 Å². The van der Waals surface area contributed by atoms with Crippen LogP contribution in [0.15, 0.2) is 29.4 Å². The summed E-state index contributed by atoms with van der Waals surface area (Å²) in [5.74, 6) is 1.06. The van der Waals surface area contributed by atoms with Gasteiger partial charge in [0.1, 0.15) is 5.82 Å². The first-order valence-corrected chi connectivity index (χ1v) is 11.5. The highest BCUT2D eigenvalue weighted by Gasteiger charge is 2.29. The molecule has 0 spiro atoms. The summed E-state index contributed by atoms with van der Waals surface area (Å²) in [5.41, 5.74) is 1.15. The molecular weight excluding hydrogens is 398 g/mol. The molecule has 1 amide bonds. The van der Waals surface area contributed by atoms with Gasteiger partial charge in [0.15, 0.2) is 15.0 Å². The predicted molar refractivity (Wildman–Crippen MR) is 107 cm³/mol. The van der Waals surface area contributed by atoms with E-state index in [0.717, 1.165) is 5.82 Å². The van der Waals surface area contributed by atoms with Crippen LogP contribution in [-0.2, 0) is 28.1 Å². The lowest BCUT2D eigenvalue weighted by molar-refractivity contribution is -0.115. The number of hydrogen-bond donors (Lipinski definition) is 1. The number of benzene rings is 1. The highest BCUT2D eigenvalue weighted by molar-refractivity contribution is 8.00. The highest BCUT2D eigenvalue weighted by atomic mass is 32.2. The molecule has 8 nitrogen and oxygen atoms in total. The van der Waals surface area contributed by atoms with Crippen LogP contribution in [0.3, 0.4) is 0 Å². The van der Waals surface area contributed by atoms with Crippen molar-refractivity contribution in [3.63, 3.8) is 0 Å². The Balaban J connectivity index is 1.59. The molecule has 1 N–H and O–H groups in total. The first kappa shape index (κ1) is 20.4. The Labute approximate surface area is 168 Å². The van der Waals surface area contributed by atoms with Crippen molar-refractivity contribution in [3.8, 4) is 6.07 Å². The van der Waals surface area contributed by atoms with Gasteiger partial charge in [-0.3, -0.25) is 4.79 Å². The van der Waals surface area contributed by atoms with Gasteiger partial charge in [0.2, 0.25) is 5.91 Å². The van der Waals surface area contributed by atoms with Gasteiger partial charge in [-0.25, -0.2) is 8.42 Å². The highest BCUT2D eigenvalue weighted by Crippen LogP contribution is 2.26. The first-order chi connectivity index (χ1) is 13.3. The van der Waals surface area contributed by atoms with Crippen molar-refractivity contribution in [2.75, 3.05) is 16.8 Å². The third-order valence-electron chi connectivity index (χ3n) is 4.66.